The van der Waals surface area contributed by atoms with Crippen LogP contribution in [0.25, 0.3) is 0 Å². The molecule has 3 heterocycles. The van der Waals surface area contributed by atoms with E-state index in [-0.39, 0.29) is 17.9 Å². The highest BCUT2D eigenvalue weighted by atomic mass is 16.6. The third-order valence-electron chi connectivity index (χ3n) is 13.8. The minimum atomic E-state index is -1.69. The molecule has 3 aliphatic heterocycles. The largest absolute Gasteiger partial charge is 0.456 e. The fraction of sp³-hybridized carbons (Fsp3) is 0.875. The number of allylic oxidation sites excluding steroid dienone is 1. The number of hydrogen-bond acceptors (Lipinski definition) is 9. The lowest BCUT2D eigenvalue weighted by Crippen LogP contribution is -2.77. The highest BCUT2D eigenvalue weighted by molar-refractivity contribution is 5.87. The van der Waals surface area contributed by atoms with E-state index in [1.165, 1.54) is 0 Å². The van der Waals surface area contributed by atoms with Gasteiger partial charge in [0.05, 0.1) is 5.60 Å². The summed E-state index contributed by atoms with van der Waals surface area (Å²) in [7, 11) is 0. The fourth-order valence-electron chi connectivity index (χ4n) is 11.8. The summed E-state index contributed by atoms with van der Waals surface area (Å²) in [5.41, 5.74) is -5.67. The normalized spacial score (nSPS) is 57.6. The molecule has 1 spiro atoms. The summed E-state index contributed by atoms with van der Waals surface area (Å²) in [4.78, 5) is 29.0. The van der Waals surface area contributed by atoms with E-state index in [1.54, 1.807) is 19.9 Å². The third kappa shape index (κ3) is 3.20. The number of aliphatic hydroxyl groups excluding tert-OH is 1. The lowest BCUT2D eigenvalue weighted by Gasteiger charge is -2.64. The van der Waals surface area contributed by atoms with Crippen molar-refractivity contribution < 1.29 is 39.5 Å². The molecule has 9 nitrogen and oxygen atoms in total. The maximum atomic E-state index is 13.4. The molecule has 14 unspecified atom stereocenters. The lowest BCUT2D eigenvalue weighted by atomic mass is 9.50. The van der Waals surface area contributed by atoms with Crippen molar-refractivity contribution in [1.29, 1.82) is 0 Å². The van der Waals surface area contributed by atoms with Gasteiger partial charge in [-0.2, -0.15) is 0 Å². The van der Waals surface area contributed by atoms with Crippen molar-refractivity contribution in [3.05, 3.63) is 11.6 Å². The topological polar surface area (TPSA) is 137 Å². The van der Waals surface area contributed by atoms with E-state index in [2.05, 4.69) is 18.7 Å². The zero-order valence-corrected chi connectivity index (χ0v) is 25.0. The minimum Gasteiger partial charge on any atom is -0.456 e. The Morgan fingerprint density at radius 2 is 1.78 bits per heavy atom. The van der Waals surface area contributed by atoms with E-state index >= 15 is 0 Å². The van der Waals surface area contributed by atoms with Gasteiger partial charge in [0.15, 0.2) is 5.60 Å². The Balaban J connectivity index is 1.37. The van der Waals surface area contributed by atoms with Crippen molar-refractivity contribution >= 4 is 11.9 Å². The van der Waals surface area contributed by atoms with Gasteiger partial charge in [-0.15, -0.1) is 0 Å². The zero-order chi connectivity index (χ0) is 29.5. The van der Waals surface area contributed by atoms with Gasteiger partial charge < -0.3 is 29.9 Å². The molecule has 3 saturated heterocycles. The number of rotatable bonds is 2. The molecule has 0 aromatic carbocycles. The third-order valence-corrected chi connectivity index (χ3v) is 13.8. The van der Waals surface area contributed by atoms with E-state index in [9.17, 15) is 30.0 Å². The van der Waals surface area contributed by atoms with Crippen LogP contribution in [0.2, 0.25) is 0 Å². The molecule has 14 atom stereocenters. The van der Waals surface area contributed by atoms with Gasteiger partial charge in [-0.05, 0) is 83.5 Å². The number of aliphatic hydroxyl groups is 4. The standard InChI is InChI=1S/C32H47NO8/c1-6-17(3)26(35)40-24-23-18(15-33-14-16(2)7-10-22(33)29(23,5)37)19-13-31-21(32(19,39)25(24)34)9-8-20-28(31,4)11-12-30(20,38)27(36)41-31/h6,16,18-25,34,37-39H,7-15H2,1-5H3. The predicted octanol–water partition coefficient (Wildman–Crippen LogP) is 1.94. The number of carbonyl (C=O) groups is 2. The molecule has 4 saturated carbocycles. The number of carbonyl (C=O) groups excluding carboxylic acids is 2. The smallest absolute Gasteiger partial charge is 0.339 e. The molecule has 0 aromatic rings. The van der Waals surface area contributed by atoms with Crippen LogP contribution in [0.1, 0.15) is 79.6 Å². The van der Waals surface area contributed by atoms with Gasteiger partial charge in [0.25, 0.3) is 0 Å². The molecule has 0 amide bonds. The van der Waals surface area contributed by atoms with E-state index in [1.807, 2.05) is 6.92 Å². The first kappa shape index (κ1) is 28.3. The molecular formula is C32H47NO8. The maximum absolute atomic E-state index is 13.4. The van der Waals surface area contributed by atoms with Crippen molar-refractivity contribution in [3.63, 3.8) is 0 Å². The zero-order valence-electron chi connectivity index (χ0n) is 25.0. The average molecular weight is 574 g/mol. The van der Waals surface area contributed by atoms with Gasteiger partial charge in [0.1, 0.15) is 23.4 Å². The molecule has 0 aromatic heterocycles. The molecule has 9 heteroatoms. The minimum absolute atomic E-state index is 0.150. The molecule has 41 heavy (non-hydrogen) atoms. The molecule has 0 radical (unpaired) electrons. The van der Waals surface area contributed by atoms with Crippen LogP contribution in [0.3, 0.4) is 0 Å². The second-order valence-corrected chi connectivity index (χ2v) is 15.4. The maximum Gasteiger partial charge on any atom is 0.339 e. The molecule has 7 aliphatic rings. The first-order valence-electron chi connectivity index (χ1n) is 15.8. The Kier molecular flexibility index (Phi) is 5.90. The number of fused-ring (bicyclic) bond motifs is 5. The van der Waals surface area contributed by atoms with Gasteiger partial charge in [-0.25, -0.2) is 9.59 Å². The van der Waals surface area contributed by atoms with Crippen molar-refractivity contribution in [2.75, 3.05) is 13.1 Å². The van der Waals surface area contributed by atoms with E-state index < -0.39 is 69.7 Å². The fourth-order valence-corrected chi connectivity index (χ4v) is 11.8. The van der Waals surface area contributed by atoms with Crippen LogP contribution in [0.4, 0.5) is 0 Å². The van der Waals surface area contributed by atoms with Crippen LogP contribution < -0.4 is 0 Å². The molecule has 4 bridgehead atoms. The second-order valence-electron chi connectivity index (χ2n) is 15.4. The first-order chi connectivity index (χ1) is 19.2. The lowest BCUT2D eigenvalue weighted by molar-refractivity contribution is -0.295. The summed E-state index contributed by atoms with van der Waals surface area (Å²) in [6.07, 6.45) is 3.20. The van der Waals surface area contributed by atoms with E-state index in [0.29, 0.717) is 50.1 Å². The number of nitrogens with zero attached hydrogens (tertiary/aromatic N) is 1. The van der Waals surface area contributed by atoms with Crippen LogP contribution in [-0.4, -0.2) is 91.0 Å². The van der Waals surface area contributed by atoms with Crippen LogP contribution >= 0.6 is 0 Å². The van der Waals surface area contributed by atoms with Crippen molar-refractivity contribution in [3.8, 4) is 0 Å². The number of hydrogen-bond donors (Lipinski definition) is 4. The van der Waals surface area contributed by atoms with Crippen molar-refractivity contribution in [2.45, 2.75) is 120 Å². The second kappa shape index (κ2) is 8.56. The van der Waals surface area contributed by atoms with Crippen molar-refractivity contribution in [1.82, 2.24) is 4.90 Å². The SMILES string of the molecule is CC=C(C)C(=O)OC1C2C(CN3CC(C)CCC3C2(C)O)C2CC34OC(=O)C5(O)CCC3(C)C5CCC4C2(O)C1O. The van der Waals surface area contributed by atoms with Crippen LogP contribution in [0, 0.1) is 40.9 Å². The van der Waals surface area contributed by atoms with E-state index in [4.69, 9.17) is 9.47 Å². The molecule has 7 rings (SSSR count). The quantitative estimate of drug-likeness (QED) is 0.289. The van der Waals surface area contributed by atoms with Gasteiger partial charge in [0.2, 0.25) is 0 Å². The summed E-state index contributed by atoms with van der Waals surface area (Å²) in [5, 5.41) is 48.9. The summed E-state index contributed by atoms with van der Waals surface area (Å²) < 4.78 is 12.4. The van der Waals surface area contributed by atoms with Gasteiger partial charge in [0, 0.05) is 47.9 Å². The van der Waals surface area contributed by atoms with Crippen molar-refractivity contribution in [2.24, 2.45) is 40.9 Å². The van der Waals surface area contributed by atoms with Gasteiger partial charge >= 0.3 is 11.9 Å². The Morgan fingerprint density at radius 1 is 1.07 bits per heavy atom. The molecule has 7 fully saturated rings. The Bertz CT molecular complexity index is 1200. The Hall–Kier alpha value is -1.52. The molecular weight excluding hydrogens is 526 g/mol. The Labute approximate surface area is 242 Å². The first-order valence-corrected chi connectivity index (χ1v) is 15.8. The van der Waals surface area contributed by atoms with Crippen LogP contribution in [0.5, 0.6) is 0 Å². The molecule has 4 aliphatic carbocycles. The summed E-state index contributed by atoms with van der Waals surface area (Å²) >= 11 is 0. The predicted molar refractivity (Wildman–Crippen MR) is 147 cm³/mol. The summed E-state index contributed by atoms with van der Waals surface area (Å²) in [5.74, 6) is -2.93. The summed E-state index contributed by atoms with van der Waals surface area (Å²) in [6.45, 7) is 11.0. The molecule has 228 valence electrons. The number of ether oxygens (including phenoxy) is 2. The highest BCUT2D eigenvalue weighted by Gasteiger charge is 2.84. The van der Waals surface area contributed by atoms with Crippen LogP contribution in [0.15, 0.2) is 11.6 Å². The highest BCUT2D eigenvalue weighted by Crippen LogP contribution is 2.75. The van der Waals surface area contributed by atoms with Crippen LogP contribution in [-0.2, 0) is 19.1 Å². The number of piperidine rings is 2. The van der Waals surface area contributed by atoms with E-state index in [0.717, 1.165) is 19.4 Å². The van der Waals surface area contributed by atoms with Gasteiger partial charge in [-0.3, -0.25) is 4.90 Å². The number of esters is 2. The monoisotopic (exact) mass is 573 g/mol. The Morgan fingerprint density at radius 3 is 2.49 bits per heavy atom. The average Bonchev–Trinajstić information content (AvgIpc) is 3.32. The summed E-state index contributed by atoms with van der Waals surface area (Å²) in [6, 6.07) is -0.150. The molecule has 4 N–H and O–H groups in total. The van der Waals surface area contributed by atoms with Gasteiger partial charge in [-0.1, -0.05) is 19.9 Å².